The Morgan fingerprint density at radius 3 is 2.35 bits per heavy atom. The minimum Gasteiger partial charge on any atom is -0.419 e. The van der Waals surface area contributed by atoms with E-state index >= 15 is 0 Å². The molecule has 26 heavy (non-hydrogen) atoms. The van der Waals surface area contributed by atoms with Gasteiger partial charge in [-0.15, -0.1) is 10.2 Å². The Hall–Kier alpha value is -2.82. The molecule has 0 bridgehead atoms. The third-order valence-electron chi connectivity index (χ3n) is 4.53. The number of aryl methyl sites for hydroxylation is 2. The summed E-state index contributed by atoms with van der Waals surface area (Å²) in [4.78, 5) is 2.34. The molecule has 1 heterocycles. The Labute approximate surface area is 155 Å². The van der Waals surface area contributed by atoms with Crippen molar-refractivity contribution in [3.63, 3.8) is 0 Å². The lowest BCUT2D eigenvalue weighted by atomic mass is 10.1. The molecule has 0 spiro atoms. The van der Waals surface area contributed by atoms with Gasteiger partial charge in [0, 0.05) is 30.0 Å². The van der Waals surface area contributed by atoms with Crippen LogP contribution in [0, 0.1) is 13.8 Å². The van der Waals surface area contributed by atoms with Crippen LogP contribution in [0.25, 0.3) is 11.5 Å². The van der Waals surface area contributed by atoms with Crippen LogP contribution in [0.15, 0.2) is 46.9 Å². The molecule has 0 fully saturated rings. The molecule has 0 amide bonds. The summed E-state index contributed by atoms with van der Waals surface area (Å²) in [5.41, 5.74) is 5.68. The van der Waals surface area contributed by atoms with Gasteiger partial charge in [-0.05, 0) is 63.6 Å². The molecule has 136 valence electrons. The van der Waals surface area contributed by atoms with Crippen LogP contribution >= 0.6 is 0 Å². The average Bonchev–Trinajstić information content (AvgIpc) is 3.11. The van der Waals surface area contributed by atoms with Crippen molar-refractivity contribution in [2.45, 2.75) is 34.2 Å². The van der Waals surface area contributed by atoms with Crippen LogP contribution in [0.4, 0.5) is 11.4 Å². The SMILES string of the molecule is CCN(CC)c1ccc(NCc2nnc(-c3ccc(C)cc3)o2)c(C)c1. The molecule has 0 atom stereocenters. The maximum absolute atomic E-state index is 5.77. The fourth-order valence-corrected chi connectivity index (χ4v) is 2.94. The van der Waals surface area contributed by atoms with Gasteiger partial charge >= 0.3 is 0 Å². The lowest BCUT2D eigenvalue weighted by molar-refractivity contribution is 0.515. The van der Waals surface area contributed by atoms with E-state index in [0.29, 0.717) is 18.3 Å². The smallest absolute Gasteiger partial charge is 0.247 e. The van der Waals surface area contributed by atoms with Crippen molar-refractivity contribution < 1.29 is 4.42 Å². The van der Waals surface area contributed by atoms with Crippen molar-refractivity contribution in [2.24, 2.45) is 0 Å². The maximum Gasteiger partial charge on any atom is 0.247 e. The topological polar surface area (TPSA) is 54.2 Å². The predicted octanol–water partition coefficient (Wildman–Crippen LogP) is 4.81. The Kier molecular flexibility index (Phi) is 5.56. The molecule has 5 heteroatoms. The molecule has 2 aromatic carbocycles. The highest BCUT2D eigenvalue weighted by Gasteiger charge is 2.09. The Balaban J connectivity index is 1.67. The van der Waals surface area contributed by atoms with Crippen molar-refractivity contribution in [2.75, 3.05) is 23.3 Å². The van der Waals surface area contributed by atoms with E-state index < -0.39 is 0 Å². The van der Waals surface area contributed by atoms with Gasteiger partial charge in [0.15, 0.2) is 0 Å². The van der Waals surface area contributed by atoms with Gasteiger partial charge in [-0.1, -0.05) is 17.7 Å². The minimum atomic E-state index is 0.504. The van der Waals surface area contributed by atoms with Gasteiger partial charge in [0.25, 0.3) is 0 Å². The predicted molar refractivity (Wildman–Crippen MR) is 107 cm³/mol. The molecule has 0 aliphatic rings. The van der Waals surface area contributed by atoms with Crippen molar-refractivity contribution in [1.29, 1.82) is 0 Å². The van der Waals surface area contributed by atoms with Crippen LogP contribution < -0.4 is 10.2 Å². The Morgan fingerprint density at radius 2 is 1.69 bits per heavy atom. The first-order valence-corrected chi connectivity index (χ1v) is 9.09. The molecular formula is C21H26N4O. The van der Waals surface area contributed by atoms with Gasteiger partial charge in [0.05, 0.1) is 6.54 Å². The van der Waals surface area contributed by atoms with Crippen LogP contribution in [-0.4, -0.2) is 23.3 Å². The first-order chi connectivity index (χ1) is 12.6. The van der Waals surface area contributed by atoms with Crippen LogP contribution in [0.2, 0.25) is 0 Å². The summed E-state index contributed by atoms with van der Waals surface area (Å²) in [5.74, 6) is 1.13. The lowest BCUT2D eigenvalue weighted by Gasteiger charge is -2.22. The van der Waals surface area contributed by atoms with E-state index in [4.69, 9.17) is 4.42 Å². The van der Waals surface area contributed by atoms with Crippen LogP contribution in [0.1, 0.15) is 30.9 Å². The van der Waals surface area contributed by atoms with Gasteiger partial charge in [0.1, 0.15) is 0 Å². The van der Waals surface area contributed by atoms with E-state index in [1.54, 1.807) is 0 Å². The minimum absolute atomic E-state index is 0.504. The second kappa shape index (κ2) is 8.04. The molecule has 3 rings (SSSR count). The highest BCUT2D eigenvalue weighted by Crippen LogP contribution is 2.24. The molecule has 3 aromatic rings. The molecule has 5 nitrogen and oxygen atoms in total. The molecule has 0 aliphatic heterocycles. The summed E-state index contributed by atoms with van der Waals surface area (Å²) in [5, 5.41) is 11.7. The zero-order valence-electron chi connectivity index (χ0n) is 15.9. The third-order valence-corrected chi connectivity index (χ3v) is 4.53. The zero-order valence-corrected chi connectivity index (χ0v) is 15.9. The van der Waals surface area contributed by atoms with Gasteiger partial charge < -0.3 is 14.6 Å². The zero-order chi connectivity index (χ0) is 18.5. The second-order valence-electron chi connectivity index (χ2n) is 6.39. The van der Waals surface area contributed by atoms with E-state index in [1.165, 1.54) is 16.8 Å². The third kappa shape index (κ3) is 4.04. The highest BCUT2D eigenvalue weighted by molar-refractivity contribution is 5.60. The molecule has 0 saturated carbocycles. The normalized spacial score (nSPS) is 10.8. The van der Waals surface area contributed by atoms with E-state index in [0.717, 1.165) is 24.3 Å². The number of nitrogens with one attached hydrogen (secondary N) is 1. The molecule has 0 saturated heterocycles. The van der Waals surface area contributed by atoms with E-state index in [2.05, 4.69) is 66.3 Å². The van der Waals surface area contributed by atoms with Gasteiger partial charge in [-0.25, -0.2) is 0 Å². The van der Waals surface area contributed by atoms with Crippen molar-refractivity contribution in [3.05, 3.63) is 59.5 Å². The fourth-order valence-electron chi connectivity index (χ4n) is 2.94. The van der Waals surface area contributed by atoms with E-state index in [-0.39, 0.29) is 0 Å². The summed E-state index contributed by atoms with van der Waals surface area (Å²) >= 11 is 0. The first kappa shape index (κ1) is 18.0. The summed E-state index contributed by atoms with van der Waals surface area (Å²) in [6.07, 6.45) is 0. The number of hydrogen-bond acceptors (Lipinski definition) is 5. The Morgan fingerprint density at radius 1 is 0.962 bits per heavy atom. The lowest BCUT2D eigenvalue weighted by Crippen LogP contribution is -2.21. The highest BCUT2D eigenvalue weighted by atomic mass is 16.4. The van der Waals surface area contributed by atoms with Crippen molar-refractivity contribution in [1.82, 2.24) is 10.2 Å². The summed E-state index contributed by atoms with van der Waals surface area (Å²) in [6.45, 7) is 11.0. The molecule has 0 aliphatic carbocycles. The summed E-state index contributed by atoms with van der Waals surface area (Å²) in [6, 6.07) is 14.5. The monoisotopic (exact) mass is 350 g/mol. The van der Waals surface area contributed by atoms with Crippen LogP contribution in [0.5, 0.6) is 0 Å². The fraction of sp³-hybridized carbons (Fsp3) is 0.333. The molecule has 0 unspecified atom stereocenters. The Bertz CT molecular complexity index is 851. The number of aromatic nitrogens is 2. The van der Waals surface area contributed by atoms with Crippen molar-refractivity contribution >= 4 is 11.4 Å². The number of anilines is 2. The maximum atomic E-state index is 5.77. The van der Waals surface area contributed by atoms with Gasteiger partial charge in [-0.2, -0.15) is 0 Å². The first-order valence-electron chi connectivity index (χ1n) is 9.09. The van der Waals surface area contributed by atoms with E-state index in [1.807, 2.05) is 24.3 Å². The molecule has 1 N–H and O–H groups in total. The number of rotatable bonds is 7. The van der Waals surface area contributed by atoms with Gasteiger partial charge in [0.2, 0.25) is 11.8 Å². The number of hydrogen-bond donors (Lipinski definition) is 1. The molecule has 0 radical (unpaired) electrons. The standard InChI is InChI=1S/C21H26N4O/c1-5-25(6-2)18-11-12-19(16(4)13-18)22-14-20-23-24-21(26-20)17-9-7-15(3)8-10-17/h7-13,22H,5-6,14H2,1-4H3. The summed E-state index contributed by atoms with van der Waals surface area (Å²) in [7, 11) is 0. The quantitative estimate of drug-likeness (QED) is 0.662. The van der Waals surface area contributed by atoms with Crippen molar-refractivity contribution in [3.8, 4) is 11.5 Å². The number of benzene rings is 2. The van der Waals surface area contributed by atoms with Crippen LogP contribution in [-0.2, 0) is 6.54 Å². The number of nitrogens with zero attached hydrogens (tertiary/aromatic N) is 3. The summed E-state index contributed by atoms with van der Waals surface area (Å²) < 4.78 is 5.77. The van der Waals surface area contributed by atoms with Crippen LogP contribution in [0.3, 0.4) is 0 Å². The second-order valence-corrected chi connectivity index (χ2v) is 6.39. The molecular weight excluding hydrogens is 324 g/mol. The average molecular weight is 350 g/mol. The van der Waals surface area contributed by atoms with Gasteiger partial charge in [-0.3, -0.25) is 0 Å². The molecule has 1 aromatic heterocycles. The van der Waals surface area contributed by atoms with E-state index in [9.17, 15) is 0 Å². The largest absolute Gasteiger partial charge is 0.419 e.